The van der Waals surface area contributed by atoms with Gasteiger partial charge in [-0.05, 0) is 52.5 Å². The average Bonchev–Trinajstić information content (AvgIpc) is 2.89. The first-order valence-electron chi connectivity index (χ1n) is 5.95. The largest absolute Gasteiger partial charge is 0.444 e. The molecule has 0 unspecified atom stereocenters. The third-order valence-corrected chi connectivity index (χ3v) is 3.68. The number of thiophene rings is 1. The van der Waals surface area contributed by atoms with Crippen molar-refractivity contribution in [3.05, 3.63) is 15.8 Å². The number of aryl methyl sites for hydroxylation is 1. The summed E-state index contributed by atoms with van der Waals surface area (Å²) in [5.74, 6) is 0.652. The SMILES string of the molecule is Cc1cc(NC(=O)OC(C)(C)C)c(C2CC2)s1. The normalized spacial score (nSPS) is 15.8. The van der Waals surface area contributed by atoms with Gasteiger partial charge < -0.3 is 4.74 Å². The molecule has 1 aliphatic carbocycles. The van der Waals surface area contributed by atoms with Crippen LogP contribution in [0.2, 0.25) is 0 Å². The lowest BCUT2D eigenvalue weighted by atomic mass is 10.2. The lowest BCUT2D eigenvalue weighted by Gasteiger charge is -2.19. The number of amides is 1. The van der Waals surface area contributed by atoms with Crippen molar-refractivity contribution in [3.8, 4) is 0 Å². The molecule has 1 fully saturated rings. The molecule has 0 aliphatic heterocycles. The Morgan fingerprint density at radius 3 is 2.65 bits per heavy atom. The Hall–Kier alpha value is -1.03. The molecule has 0 bridgehead atoms. The van der Waals surface area contributed by atoms with E-state index in [0.29, 0.717) is 5.92 Å². The molecule has 2 rings (SSSR count). The van der Waals surface area contributed by atoms with Crippen LogP contribution in [0.4, 0.5) is 10.5 Å². The van der Waals surface area contributed by atoms with Crippen molar-refractivity contribution in [3.63, 3.8) is 0 Å². The van der Waals surface area contributed by atoms with Crippen LogP contribution in [0.15, 0.2) is 6.07 Å². The van der Waals surface area contributed by atoms with E-state index in [1.807, 2.05) is 26.8 Å². The second-order valence-electron chi connectivity index (χ2n) is 5.54. The summed E-state index contributed by atoms with van der Waals surface area (Å²) >= 11 is 1.77. The van der Waals surface area contributed by atoms with Gasteiger partial charge in [-0.25, -0.2) is 4.79 Å². The Bertz CT molecular complexity index is 427. The first-order valence-corrected chi connectivity index (χ1v) is 6.77. The highest BCUT2D eigenvalue weighted by Crippen LogP contribution is 2.47. The van der Waals surface area contributed by atoms with Crippen LogP contribution < -0.4 is 5.32 Å². The highest BCUT2D eigenvalue weighted by atomic mass is 32.1. The molecule has 1 aromatic rings. The average molecular weight is 253 g/mol. The van der Waals surface area contributed by atoms with Crippen molar-refractivity contribution >= 4 is 23.1 Å². The standard InChI is InChI=1S/C13H19NO2S/c1-8-7-10(11(17-8)9-5-6-9)14-12(15)16-13(2,3)4/h7,9H,5-6H2,1-4H3,(H,14,15). The van der Waals surface area contributed by atoms with Crippen LogP contribution in [0.1, 0.15) is 49.3 Å². The summed E-state index contributed by atoms with van der Waals surface area (Å²) in [7, 11) is 0. The highest BCUT2D eigenvalue weighted by molar-refractivity contribution is 7.12. The van der Waals surface area contributed by atoms with Crippen LogP contribution in [-0.4, -0.2) is 11.7 Å². The first-order chi connectivity index (χ1) is 7.85. The van der Waals surface area contributed by atoms with Gasteiger partial charge in [0.2, 0.25) is 0 Å². The zero-order chi connectivity index (χ0) is 12.6. The van der Waals surface area contributed by atoms with E-state index in [1.54, 1.807) is 11.3 Å². The molecule has 17 heavy (non-hydrogen) atoms. The van der Waals surface area contributed by atoms with Crippen molar-refractivity contribution in [1.82, 2.24) is 0 Å². The maximum Gasteiger partial charge on any atom is 0.412 e. The van der Waals surface area contributed by atoms with Gasteiger partial charge in [0, 0.05) is 9.75 Å². The van der Waals surface area contributed by atoms with Crippen LogP contribution in [-0.2, 0) is 4.74 Å². The van der Waals surface area contributed by atoms with Gasteiger partial charge in [0.25, 0.3) is 0 Å². The highest BCUT2D eigenvalue weighted by Gasteiger charge is 2.29. The van der Waals surface area contributed by atoms with Crippen LogP contribution in [0.5, 0.6) is 0 Å². The fraction of sp³-hybridized carbons (Fsp3) is 0.615. The zero-order valence-corrected chi connectivity index (χ0v) is 11.6. The molecule has 1 aliphatic rings. The van der Waals surface area contributed by atoms with Gasteiger partial charge in [-0.2, -0.15) is 0 Å². The summed E-state index contributed by atoms with van der Waals surface area (Å²) in [4.78, 5) is 14.2. The van der Waals surface area contributed by atoms with E-state index in [0.717, 1.165) is 5.69 Å². The maximum absolute atomic E-state index is 11.7. The lowest BCUT2D eigenvalue weighted by molar-refractivity contribution is 0.0636. The Morgan fingerprint density at radius 2 is 2.12 bits per heavy atom. The fourth-order valence-electron chi connectivity index (χ4n) is 1.69. The monoisotopic (exact) mass is 253 g/mol. The summed E-state index contributed by atoms with van der Waals surface area (Å²) in [6.07, 6.45) is 2.11. The first kappa shape index (κ1) is 12.4. The van der Waals surface area contributed by atoms with E-state index in [-0.39, 0.29) is 6.09 Å². The van der Waals surface area contributed by atoms with E-state index in [9.17, 15) is 4.79 Å². The summed E-state index contributed by atoms with van der Waals surface area (Å²) in [6.45, 7) is 7.67. The molecule has 0 aromatic carbocycles. The number of hydrogen-bond donors (Lipinski definition) is 1. The molecule has 0 atom stereocenters. The Morgan fingerprint density at radius 1 is 1.47 bits per heavy atom. The molecule has 0 radical (unpaired) electrons. The van der Waals surface area contributed by atoms with Crippen LogP contribution in [0.25, 0.3) is 0 Å². The Labute approximate surface area is 106 Å². The maximum atomic E-state index is 11.7. The zero-order valence-electron chi connectivity index (χ0n) is 10.8. The number of ether oxygens (including phenoxy) is 1. The van der Waals surface area contributed by atoms with E-state index in [2.05, 4.69) is 12.2 Å². The van der Waals surface area contributed by atoms with E-state index in [1.165, 1.54) is 22.6 Å². The van der Waals surface area contributed by atoms with Crippen molar-refractivity contribution in [2.24, 2.45) is 0 Å². The molecule has 0 spiro atoms. The van der Waals surface area contributed by atoms with E-state index >= 15 is 0 Å². The van der Waals surface area contributed by atoms with Gasteiger partial charge in [0.15, 0.2) is 0 Å². The molecule has 0 saturated heterocycles. The number of carbonyl (C=O) groups is 1. The van der Waals surface area contributed by atoms with Crippen molar-refractivity contribution in [2.75, 3.05) is 5.32 Å². The quantitative estimate of drug-likeness (QED) is 0.854. The van der Waals surface area contributed by atoms with Gasteiger partial charge in [0.05, 0.1) is 5.69 Å². The summed E-state index contributed by atoms with van der Waals surface area (Å²) < 4.78 is 5.26. The summed E-state index contributed by atoms with van der Waals surface area (Å²) in [5, 5.41) is 2.86. The number of anilines is 1. The molecule has 1 aromatic heterocycles. The third-order valence-electron chi connectivity index (χ3n) is 2.47. The Kier molecular flexibility index (Phi) is 3.17. The van der Waals surface area contributed by atoms with E-state index < -0.39 is 5.60 Å². The predicted molar refractivity (Wildman–Crippen MR) is 70.9 cm³/mol. The smallest absolute Gasteiger partial charge is 0.412 e. The van der Waals surface area contributed by atoms with Gasteiger partial charge in [-0.3, -0.25) is 5.32 Å². The molecule has 1 saturated carbocycles. The van der Waals surface area contributed by atoms with Gasteiger partial charge in [-0.1, -0.05) is 0 Å². The molecule has 3 nitrogen and oxygen atoms in total. The number of hydrogen-bond acceptors (Lipinski definition) is 3. The van der Waals surface area contributed by atoms with Gasteiger partial charge in [-0.15, -0.1) is 11.3 Å². The molecule has 1 heterocycles. The number of carbonyl (C=O) groups excluding carboxylic acids is 1. The van der Waals surface area contributed by atoms with Gasteiger partial charge >= 0.3 is 6.09 Å². The second-order valence-corrected chi connectivity index (χ2v) is 6.82. The van der Waals surface area contributed by atoms with E-state index in [4.69, 9.17) is 4.74 Å². The van der Waals surface area contributed by atoms with Crippen molar-refractivity contribution < 1.29 is 9.53 Å². The molecule has 4 heteroatoms. The minimum atomic E-state index is -0.450. The summed E-state index contributed by atoms with van der Waals surface area (Å²) in [5.41, 5.74) is 0.485. The summed E-state index contributed by atoms with van der Waals surface area (Å²) in [6, 6.07) is 2.03. The minimum absolute atomic E-state index is 0.364. The molecular weight excluding hydrogens is 234 g/mol. The third kappa shape index (κ3) is 3.46. The molecular formula is C13H19NO2S. The molecule has 1 amide bonds. The fourth-order valence-corrected chi connectivity index (χ4v) is 2.84. The number of nitrogens with one attached hydrogen (secondary N) is 1. The predicted octanol–water partition coefficient (Wildman–Crippen LogP) is 4.28. The topological polar surface area (TPSA) is 38.3 Å². The van der Waals surface area contributed by atoms with Crippen LogP contribution in [0.3, 0.4) is 0 Å². The lowest BCUT2D eigenvalue weighted by Crippen LogP contribution is -2.27. The van der Waals surface area contributed by atoms with Crippen LogP contribution in [0, 0.1) is 6.92 Å². The molecule has 94 valence electrons. The Balaban J connectivity index is 2.05. The van der Waals surface area contributed by atoms with Gasteiger partial charge in [0.1, 0.15) is 5.60 Å². The van der Waals surface area contributed by atoms with Crippen LogP contribution >= 0.6 is 11.3 Å². The second kappa shape index (κ2) is 4.33. The molecule has 1 N–H and O–H groups in total. The van der Waals surface area contributed by atoms with Crippen molar-refractivity contribution in [1.29, 1.82) is 0 Å². The van der Waals surface area contributed by atoms with Crippen molar-refractivity contribution in [2.45, 2.75) is 52.1 Å². The number of rotatable bonds is 2. The minimum Gasteiger partial charge on any atom is -0.444 e.